The molecule has 0 aliphatic heterocycles. The number of aryl methyl sites for hydroxylation is 1. The van der Waals surface area contributed by atoms with Crippen LogP contribution in [0.1, 0.15) is 18.3 Å². The van der Waals surface area contributed by atoms with Crippen molar-refractivity contribution in [2.45, 2.75) is 19.8 Å². The third-order valence-electron chi connectivity index (χ3n) is 3.76. The number of aromatic nitrogens is 4. The minimum atomic E-state index is -0.445. The van der Waals surface area contributed by atoms with Crippen molar-refractivity contribution in [3.63, 3.8) is 0 Å². The summed E-state index contributed by atoms with van der Waals surface area (Å²) in [4.78, 5) is 10.2. The second-order valence-electron chi connectivity index (χ2n) is 5.46. The van der Waals surface area contributed by atoms with Crippen molar-refractivity contribution in [2.75, 3.05) is 5.43 Å². The Hall–Kier alpha value is -3.62. The Balaban J connectivity index is 1.62. The fourth-order valence-electron chi connectivity index (χ4n) is 2.31. The van der Waals surface area contributed by atoms with E-state index in [-0.39, 0.29) is 5.69 Å². The molecule has 2 aromatic carbocycles. The number of anilines is 1. The summed E-state index contributed by atoms with van der Waals surface area (Å²) in [7, 11) is 0. The lowest BCUT2D eigenvalue weighted by Crippen LogP contribution is -2.04. The highest BCUT2D eigenvalue weighted by atomic mass is 16.6. The number of benzene rings is 2. The first-order valence-corrected chi connectivity index (χ1v) is 8.06. The van der Waals surface area contributed by atoms with Gasteiger partial charge in [-0.25, -0.2) is 0 Å². The first-order chi connectivity index (χ1) is 12.7. The summed E-state index contributed by atoms with van der Waals surface area (Å²) in [5.74, 6) is 0.656. The number of hydrogen-bond donors (Lipinski definition) is 1. The maximum absolute atomic E-state index is 10.6. The number of nitrogens with one attached hydrogen (secondary N) is 1. The summed E-state index contributed by atoms with van der Waals surface area (Å²) in [6.07, 6.45) is 3.05. The van der Waals surface area contributed by atoms with Crippen LogP contribution in [0.5, 0.6) is 0 Å². The third-order valence-corrected chi connectivity index (χ3v) is 3.76. The Morgan fingerprint density at radius 1 is 1.19 bits per heavy atom. The average molecular weight is 351 g/mol. The second kappa shape index (κ2) is 7.97. The van der Waals surface area contributed by atoms with Crippen LogP contribution in [0, 0.1) is 10.1 Å². The fourth-order valence-corrected chi connectivity index (χ4v) is 2.31. The molecule has 0 radical (unpaired) electrons. The minimum Gasteiger partial charge on any atom is -0.279 e. The van der Waals surface area contributed by atoms with Gasteiger partial charge in [-0.2, -0.15) is 9.78 Å². The zero-order valence-corrected chi connectivity index (χ0v) is 14.1. The smallest absolute Gasteiger partial charge is 0.269 e. The molecule has 1 N–H and O–H groups in total. The van der Waals surface area contributed by atoms with Crippen LogP contribution in [0.3, 0.4) is 0 Å². The van der Waals surface area contributed by atoms with Gasteiger partial charge in [-0.3, -0.25) is 15.5 Å². The molecule has 0 saturated carbocycles. The van der Waals surface area contributed by atoms with Crippen molar-refractivity contribution in [3.8, 4) is 5.69 Å². The van der Waals surface area contributed by atoms with E-state index in [0.717, 1.165) is 12.1 Å². The third kappa shape index (κ3) is 4.07. The van der Waals surface area contributed by atoms with Crippen LogP contribution in [-0.4, -0.2) is 31.3 Å². The van der Waals surface area contributed by atoms with Gasteiger partial charge >= 0.3 is 0 Å². The van der Waals surface area contributed by atoms with E-state index in [2.05, 4.69) is 33.0 Å². The molecule has 0 spiro atoms. The molecule has 9 heteroatoms. The molecule has 1 heterocycles. The fraction of sp³-hybridized carbons (Fsp3) is 0.176. The second-order valence-corrected chi connectivity index (χ2v) is 5.46. The number of tetrazole rings is 1. The molecule has 1 aromatic heterocycles. The zero-order valence-electron chi connectivity index (χ0n) is 14.1. The normalized spacial score (nSPS) is 11.0. The Morgan fingerprint density at radius 3 is 2.58 bits per heavy atom. The van der Waals surface area contributed by atoms with Crippen LogP contribution >= 0.6 is 0 Å². The molecule has 9 nitrogen and oxygen atoms in total. The van der Waals surface area contributed by atoms with Crippen LogP contribution in [0.15, 0.2) is 53.6 Å². The van der Waals surface area contributed by atoms with E-state index >= 15 is 0 Å². The van der Waals surface area contributed by atoms with Crippen LogP contribution in [0.4, 0.5) is 11.4 Å². The number of hydrazone groups is 1. The molecule has 26 heavy (non-hydrogen) atoms. The van der Waals surface area contributed by atoms with Crippen LogP contribution in [0.25, 0.3) is 5.69 Å². The molecule has 0 amide bonds. The van der Waals surface area contributed by atoms with Crippen molar-refractivity contribution in [3.05, 3.63) is 70.0 Å². The van der Waals surface area contributed by atoms with Crippen molar-refractivity contribution in [1.29, 1.82) is 0 Å². The van der Waals surface area contributed by atoms with Gasteiger partial charge in [-0.15, -0.1) is 5.10 Å². The van der Waals surface area contributed by atoms with E-state index in [4.69, 9.17) is 0 Å². The van der Waals surface area contributed by atoms with E-state index in [1.54, 1.807) is 23.0 Å². The standard InChI is InChI=1S/C17H17N7O2/c1-2-13-3-7-15(8-4-13)23-17(20-21-22-23)11-12-18-19-14-5-9-16(10-6-14)24(25)26/h3-10,12,19H,2,11H2,1H3/b18-12+. The quantitative estimate of drug-likeness (QED) is 0.398. The molecule has 0 aliphatic carbocycles. The van der Waals surface area contributed by atoms with E-state index in [1.807, 2.05) is 24.3 Å². The van der Waals surface area contributed by atoms with Gasteiger partial charge in [0.1, 0.15) is 0 Å². The van der Waals surface area contributed by atoms with Gasteiger partial charge in [0, 0.05) is 24.8 Å². The Labute approximate surface area is 149 Å². The lowest BCUT2D eigenvalue weighted by atomic mass is 10.1. The summed E-state index contributed by atoms with van der Waals surface area (Å²) in [6.45, 7) is 2.10. The van der Waals surface area contributed by atoms with Gasteiger partial charge < -0.3 is 0 Å². The molecular formula is C17H17N7O2. The number of nitro benzene ring substituents is 1. The molecule has 0 fully saturated rings. The van der Waals surface area contributed by atoms with Crippen molar-refractivity contribution in [1.82, 2.24) is 20.2 Å². The van der Waals surface area contributed by atoms with Crippen LogP contribution in [0.2, 0.25) is 0 Å². The Bertz CT molecular complexity index is 902. The zero-order chi connectivity index (χ0) is 18.4. The van der Waals surface area contributed by atoms with Crippen molar-refractivity contribution < 1.29 is 4.92 Å². The molecule has 0 saturated heterocycles. The SMILES string of the molecule is CCc1ccc(-n2nnnc2C/C=N/Nc2ccc([N+](=O)[O-])cc2)cc1. The Morgan fingerprint density at radius 2 is 1.92 bits per heavy atom. The molecule has 0 atom stereocenters. The molecule has 3 rings (SSSR count). The predicted molar refractivity (Wildman–Crippen MR) is 97.4 cm³/mol. The number of non-ortho nitro benzene ring substituents is 1. The average Bonchev–Trinajstić information content (AvgIpc) is 3.14. The van der Waals surface area contributed by atoms with E-state index in [9.17, 15) is 10.1 Å². The van der Waals surface area contributed by atoms with Gasteiger partial charge in [0.15, 0.2) is 5.82 Å². The molecule has 0 unspecified atom stereocenters. The number of hydrogen-bond acceptors (Lipinski definition) is 7. The maximum atomic E-state index is 10.6. The van der Waals surface area contributed by atoms with Crippen molar-refractivity contribution in [2.24, 2.45) is 5.10 Å². The summed E-state index contributed by atoms with van der Waals surface area (Å²) < 4.78 is 1.66. The molecule has 0 bridgehead atoms. The number of nitrogens with zero attached hydrogens (tertiary/aromatic N) is 6. The first-order valence-electron chi connectivity index (χ1n) is 8.06. The molecule has 0 aliphatic rings. The highest BCUT2D eigenvalue weighted by Gasteiger charge is 2.07. The van der Waals surface area contributed by atoms with Crippen LogP contribution < -0.4 is 5.43 Å². The summed E-state index contributed by atoms with van der Waals surface area (Å²) in [6, 6.07) is 14.1. The monoisotopic (exact) mass is 351 g/mol. The van der Waals surface area contributed by atoms with Gasteiger partial charge in [0.25, 0.3) is 5.69 Å². The highest BCUT2D eigenvalue weighted by molar-refractivity contribution is 5.62. The Kier molecular flexibility index (Phi) is 5.28. The maximum Gasteiger partial charge on any atom is 0.269 e. The molecule has 3 aromatic rings. The lowest BCUT2D eigenvalue weighted by Gasteiger charge is -2.04. The van der Waals surface area contributed by atoms with Crippen molar-refractivity contribution >= 4 is 17.6 Å². The largest absolute Gasteiger partial charge is 0.279 e. The summed E-state index contributed by atoms with van der Waals surface area (Å²) in [5, 5.41) is 26.5. The number of nitro groups is 1. The summed E-state index contributed by atoms with van der Waals surface area (Å²) in [5.41, 5.74) is 5.64. The van der Waals surface area contributed by atoms with E-state index in [0.29, 0.717) is 17.9 Å². The molecular weight excluding hydrogens is 334 g/mol. The lowest BCUT2D eigenvalue weighted by molar-refractivity contribution is -0.384. The molecule has 132 valence electrons. The van der Waals surface area contributed by atoms with Crippen LogP contribution in [-0.2, 0) is 12.8 Å². The van der Waals surface area contributed by atoms with Gasteiger partial charge in [-0.05, 0) is 46.7 Å². The van der Waals surface area contributed by atoms with E-state index < -0.39 is 4.92 Å². The topological polar surface area (TPSA) is 111 Å². The number of rotatable bonds is 7. The summed E-state index contributed by atoms with van der Waals surface area (Å²) >= 11 is 0. The first kappa shape index (κ1) is 17.2. The van der Waals surface area contributed by atoms with Gasteiger partial charge in [0.05, 0.1) is 16.3 Å². The van der Waals surface area contributed by atoms with Gasteiger partial charge in [0.2, 0.25) is 0 Å². The van der Waals surface area contributed by atoms with E-state index in [1.165, 1.54) is 17.7 Å². The predicted octanol–water partition coefficient (Wildman–Crippen LogP) is 2.77. The minimum absolute atomic E-state index is 0.0350. The van der Waals surface area contributed by atoms with Gasteiger partial charge in [-0.1, -0.05) is 19.1 Å². The highest BCUT2D eigenvalue weighted by Crippen LogP contribution is 2.15.